The number of hydrogen-bond donors (Lipinski definition) is 2. The van der Waals surface area contributed by atoms with Crippen molar-refractivity contribution in [2.45, 2.75) is 32.4 Å². The molecule has 0 bridgehead atoms. The van der Waals surface area contributed by atoms with E-state index in [2.05, 4.69) is 0 Å². The summed E-state index contributed by atoms with van der Waals surface area (Å²) in [5.74, 6) is -2.29. The monoisotopic (exact) mass is 276 g/mol. The van der Waals surface area contributed by atoms with Crippen LogP contribution in [0, 0.1) is 0 Å². The molecule has 0 saturated heterocycles. The number of carboxylic acids is 1. The molecule has 1 aromatic rings. The molecule has 20 heavy (non-hydrogen) atoms. The molecule has 6 heteroatoms. The molecular weight excluding hydrogens is 260 g/mol. The zero-order valence-corrected chi connectivity index (χ0v) is 11.1. The lowest BCUT2D eigenvalue weighted by Gasteiger charge is -2.23. The molecule has 1 unspecified atom stereocenters. The molecule has 0 aliphatic carbocycles. The molecule has 1 aromatic carbocycles. The molecule has 2 amide bonds. The summed E-state index contributed by atoms with van der Waals surface area (Å²) in [5.41, 5.74) is 7.65. The Hall–Kier alpha value is -2.37. The first-order chi connectivity index (χ1) is 9.45. The van der Waals surface area contributed by atoms with E-state index in [-0.39, 0.29) is 12.5 Å². The van der Waals surface area contributed by atoms with E-state index in [0.717, 1.165) is 17.5 Å². The van der Waals surface area contributed by atoms with Crippen LogP contribution in [0.4, 0.5) is 0 Å². The molecule has 0 fully saturated rings. The Kier molecular flexibility index (Phi) is 3.74. The third-order valence-electron chi connectivity index (χ3n) is 3.55. The summed E-state index contributed by atoms with van der Waals surface area (Å²) in [6, 6.07) is 4.29. The maximum absolute atomic E-state index is 12.3. The second-order valence-electron chi connectivity index (χ2n) is 4.75. The van der Waals surface area contributed by atoms with Gasteiger partial charge in [-0.05, 0) is 23.6 Å². The molecule has 0 radical (unpaired) electrons. The van der Waals surface area contributed by atoms with Gasteiger partial charge in [-0.2, -0.15) is 0 Å². The molecule has 2 rings (SSSR count). The second kappa shape index (κ2) is 5.32. The molecule has 1 aliphatic heterocycles. The van der Waals surface area contributed by atoms with Gasteiger partial charge in [0.05, 0.1) is 6.42 Å². The number of hydrogen-bond acceptors (Lipinski definition) is 3. The Morgan fingerprint density at radius 3 is 2.70 bits per heavy atom. The van der Waals surface area contributed by atoms with Crippen LogP contribution in [0.1, 0.15) is 34.8 Å². The van der Waals surface area contributed by atoms with E-state index in [0.29, 0.717) is 5.56 Å². The highest BCUT2D eigenvalue weighted by Gasteiger charge is 2.37. The lowest BCUT2D eigenvalue weighted by atomic mass is 10.0. The van der Waals surface area contributed by atoms with E-state index < -0.39 is 24.3 Å². The minimum atomic E-state index is -1.16. The minimum Gasteiger partial charge on any atom is -0.481 e. The topological polar surface area (TPSA) is 101 Å². The van der Waals surface area contributed by atoms with Gasteiger partial charge in [0, 0.05) is 12.1 Å². The average molecular weight is 276 g/mol. The Morgan fingerprint density at radius 1 is 1.45 bits per heavy atom. The van der Waals surface area contributed by atoms with E-state index in [1.807, 2.05) is 13.0 Å². The summed E-state index contributed by atoms with van der Waals surface area (Å²) in [4.78, 5) is 35.8. The van der Waals surface area contributed by atoms with Crippen LogP contribution in [-0.4, -0.2) is 33.8 Å². The zero-order chi connectivity index (χ0) is 14.9. The largest absolute Gasteiger partial charge is 0.481 e. The van der Waals surface area contributed by atoms with Gasteiger partial charge in [-0.1, -0.05) is 19.1 Å². The molecule has 3 N–H and O–H groups in total. The van der Waals surface area contributed by atoms with Crippen LogP contribution in [0.5, 0.6) is 0 Å². The lowest BCUT2D eigenvalue weighted by molar-refractivity contribution is -0.140. The van der Waals surface area contributed by atoms with Crippen molar-refractivity contribution in [2.24, 2.45) is 5.73 Å². The number of benzene rings is 1. The fourth-order valence-electron chi connectivity index (χ4n) is 2.53. The van der Waals surface area contributed by atoms with E-state index in [4.69, 9.17) is 10.8 Å². The zero-order valence-electron chi connectivity index (χ0n) is 11.1. The van der Waals surface area contributed by atoms with Gasteiger partial charge in [-0.25, -0.2) is 0 Å². The van der Waals surface area contributed by atoms with Crippen LogP contribution in [0.15, 0.2) is 18.2 Å². The van der Waals surface area contributed by atoms with Crippen LogP contribution >= 0.6 is 0 Å². The van der Waals surface area contributed by atoms with E-state index in [1.165, 1.54) is 4.90 Å². The second-order valence-corrected chi connectivity index (χ2v) is 4.75. The van der Waals surface area contributed by atoms with Gasteiger partial charge in [0.15, 0.2) is 0 Å². The summed E-state index contributed by atoms with van der Waals surface area (Å²) >= 11 is 0. The molecule has 1 heterocycles. The summed E-state index contributed by atoms with van der Waals surface area (Å²) in [6.07, 6.45) is 0.293. The van der Waals surface area contributed by atoms with Crippen LogP contribution in [0.2, 0.25) is 0 Å². The summed E-state index contributed by atoms with van der Waals surface area (Å²) in [6.45, 7) is 2.21. The Morgan fingerprint density at radius 2 is 2.15 bits per heavy atom. The number of rotatable bonds is 5. The fourth-order valence-corrected chi connectivity index (χ4v) is 2.53. The highest BCUT2D eigenvalue weighted by Crippen LogP contribution is 2.28. The Labute approximate surface area is 116 Å². The smallest absolute Gasteiger partial charge is 0.305 e. The van der Waals surface area contributed by atoms with Crippen molar-refractivity contribution >= 4 is 17.8 Å². The number of nitrogens with two attached hydrogens (primary N) is 1. The quantitative estimate of drug-likeness (QED) is 0.819. The van der Waals surface area contributed by atoms with Crippen LogP contribution in [0.25, 0.3) is 0 Å². The van der Waals surface area contributed by atoms with E-state index >= 15 is 0 Å². The van der Waals surface area contributed by atoms with Crippen molar-refractivity contribution in [1.29, 1.82) is 0 Å². The molecule has 1 aliphatic rings. The Bertz CT molecular complexity index is 583. The van der Waals surface area contributed by atoms with Crippen molar-refractivity contribution in [2.75, 3.05) is 0 Å². The van der Waals surface area contributed by atoms with Gasteiger partial charge >= 0.3 is 5.97 Å². The SMILES string of the molecule is CCc1cccc2c1CN(C(CC(=O)O)C(N)=O)C2=O. The molecule has 0 saturated carbocycles. The number of aliphatic carboxylic acids is 1. The van der Waals surface area contributed by atoms with Crippen molar-refractivity contribution < 1.29 is 19.5 Å². The van der Waals surface area contributed by atoms with Crippen LogP contribution < -0.4 is 5.73 Å². The fraction of sp³-hybridized carbons (Fsp3) is 0.357. The van der Waals surface area contributed by atoms with Gasteiger partial charge in [0.1, 0.15) is 6.04 Å². The van der Waals surface area contributed by atoms with Crippen molar-refractivity contribution in [3.05, 3.63) is 34.9 Å². The third kappa shape index (κ3) is 2.36. The number of primary amides is 1. The number of fused-ring (bicyclic) bond motifs is 1. The minimum absolute atomic E-state index is 0.235. The highest BCUT2D eigenvalue weighted by molar-refractivity contribution is 6.01. The third-order valence-corrected chi connectivity index (χ3v) is 3.55. The number of carbonyl (C=O) groups is 3. The summed E-state index contributed by atoms with van der Waals surface area (Å²) < 4.78 is 0. The molecule has 106 valence electrons. The van der Waals surface area contributed by atoms with Crippen LogP contribution in [0.3, 0.4) is 0 Å². The maximum atomic E-state index is 12.3. The standard InChI is InChI=1S/C14H16N2O4/c1-2-8-4-3-5-9-10(8)7-16(14(9)20)11(13(15)19)6-12(17)18/h3-5,11H,2,6-7H2,1H3,(H2,15,19)(H,17,18). The molecule has 1 atom stereocenters. The number of nitrogens with zero attached hydrogens (tertiary/aromatic N) is 1. The predicted octanol–water partition coefficient (Wildman–Crippen LogP) is 0.533. The number of amides is 2. The van der Waals surface area contributed by atoms with Gasteiger partial charge in [0.25, 0.3) is 5.91 Å². The van der Waals surface area contributed by atoms with Crippen molar-refractivity contribution in [3.63, 3.8) is 0 Å². The Balaban J connectivity index is 2.35. The van der Waals surface area contributed by atoms with E-state index in [9.17, 15) is 14.4 Å². The van der Waals surface area contributed by atoms with Gasteiger partial charge in [-0.15, -0.1) is 0 Å². The molecule has 0 spiro atoms. The van der Waals surface area contributed by atoms with E-state index in [1.54, 1.807) is 12.1 Å². The van der Waals surface area contributed by atoms with Gasteiger partial charge < -0.3 is 15.7 Å². The molecular formula is C14H16N2O4. The molecule has 6 nitrogen and oxygen atoms in total. The first-order valence-corrected chi connectivity index (χ1v) is 6.38. The lowest BCUT2D eigenvalue weighted by Crippen LogP contribution is -2.46. The first-order valence-electron chi connectivity index (χ1n) is 6.38. The number of carbonyl (C=O) groups excluding carboxylic acids is 2. The van der Waals surface area contributed by atoms with Crippen molar-refractivity contribution in [1.82, 2.24) is 4.90 Å². The van der Waals surface area contributed by atoms with Gasteiger partial charge in [0.2, 0.25) is 5.91 Å². The number of carboxylic acid groups (broad SMARTS) is 1. The summed E-state index contributed by atoms with van der Waals surface area (Å²) in [5, 5.41) is 8.85. The van der Waals surface area contributed by atoms with Crippen LogP contribution in [-0.2, 0) is 22.6 Å². The normalized spacial score (nSPS) is 15.1. The number of aryl methyl sites for hydroxylation is 1. The predicted molar refractivity (Wildman–Crippen MR) is 70.9 cm³/mol. The average Bonchev–Trinajstić information content (AvgIpc) is 2.73. The first kappa shape index (κ1) is 14.0. The highest BCUT2D eigenvalue weighted by atomic mass is 16.4. The van der Waals surface area contributed by atoms with Gasteiger partial charge in [-0.3, -0.25) is 14.4 Å². The summed E-state index contributed by atoms with van der Waals surface area (Å²) in [7, 11) is 0. The maximum Gasteiger partial charge on any atom is 0.305 e. The molecule has 0 aromatic heterocycles. The van der Waals surface area contributed by atoms with Crippen molar-refractivity contribution in [3.8, 4) is 0 Å².